The topological polar surface area (TPSA) is 60.5 Å². The summed E-state index contributed by atoms with van der Waals surface area (Å²) in [6.07, 6.45) is 2.44. The van der Waals surface area contributed by atoms with Crippen molar-refractivity contribution in [1.82, 2.24) is 4.98 Å². The Bertz CT molecular complexity index is 644. The summed E-state index contributed by atoms with van der Waals surface area (Å²) < 4.78 is 10.4. The molecule has 116 valence electrons. The second-order valence-corrected chi connectivity index (χ2v) is 5.04. The molecule has 1 N–H and O–H groups in total. The molecule has 1 aromatic carbocycles. The number of halogens is 1. The number of hydrogen-bond acceptors (Lipinski definition) is 4. The third-order valence-corrected chi connectivity index (χ3v) is 3.31. The lowest BCUT2D eigenvalue weighted by Gasteiger charge is -2.09. The quantitative estimate of drug-likeness (QED) is 0.887. The molecule has 0 aliphatic carbocycles. The summed E-state index contributed by atoms with van der Waals surface area (Å²) in [4.78, 5) is 15.9. The van der Waals surface area contributed by atoms with Crippen molar-refractivity contribution < 1.29 is 14.3 Å². The molecule has 6 heteroatoms. The Morgan fingerprint density at radius 1 is 1.18 bits per heavy atom. The van der Waals surface area contributed by atoms with Crippen LogP contribution in [-0.2, 0) is 11.2 Å². The maximum atomic E-state index is 11.9. The minimum Gasteiger partial charge on any atom is -0.493 e. The fourth-order valence-electron chi connectivity index (χ4n) is 1.95. The average Bonchev–Trinajstić information content (AvgIpc) is 2.54. The summed E-state index contributed by atoms with van der Waals surface area (Å²) in [5.41, 5.74) is 0.997. The molecule has 1 heterocycles. The summed E-state index contributed by atoms with van der Waals surface area (Å²) in [5, 5.41) is 3.26. The van der Waals surface area contributed by atoms with Gasteiger partial charge < -0.3 is 14.8 Å². The monoisotopic (exact) mass is 320 g/mol. The molecule has 5 nitrogen and oxygen atoms in total. The highest BCUT2D eigenvalue weighted by Crippen LogP contribution is 2.28. The van der Waals surface area contributed by atoms with E-state index in [4.69, 9.17) is 21.1 Å². The summed E-state index contributed by atoms with van der Waals surface area (Å²) in [6.45, 7) is 0. The Labute approximate surface area is 134 Å². The van der Waals surface area contributed by atoms with Crippen molar-refractivity contribution in [2.24, 2.45) is 0 Å². The van der Waals surface area contributed by atoms with Crippen LogP contribution in [0.5, 0.6) is 11.5 Å². The zero-order valence-corrected chi connectivity index (χ0v) is 13.2. The lowest BCUT2D eigenvalue weighted by molar-refractivity contribution is -0.116. The standard InChI is InChI=1S/C16H17ClN2O3/c1-21-13-6-3-11(9-14(13)22-2)4-8-16(20)19-15-7-5-12(17)10-18-15/h3,5-7,9-10H,4,8H2,1-2H3,(H,18,19,20). The van der Waals surface area contributed by atoms with Crippen LogP contribution in [0, 0.1) is 0 Å². The number of carbonyl (C=O) groups is 1. The first-order valence-electron chi connectivity index (χ1n) is 6.74. The molecule has 0 atom stereocenters. The molecule has 2 aromatic rings. The zero-order valence-electron chi connectivity index (χ0n) is 12.4. The van der Waals surface area contributed by atoms with Crippen molar-refractivity contribution >= 4 is 23.3 Å². The van der Waals surface area contributed by atoms with Gasteiger partial charge in [0, 0.05) is 12.6 Å². The normalized spacial score (nSPS) is 10.1. The molecule has 1 amide bonds. The Balaban J connectivity index is 1.92. The highest BCUT2D eigenvalue weighted by atomic mass is 35.5. The predicted molar refractivity (Wildman–Crippen MR) is 85.7 cm³/mol. The molecule has 0 spiro atoms. The number of aryl methyl sites for hydroxylation is 1. The largest absolute Gasteiger partial charge is 0.493 e. The van der Waals surface area contributed by atoms with Gasteiger partial charge in [-0.3, -0.25) is 4.79 Å². The van der Waals surface area contributed by atoms with Crippen LogP contribution in [-0.4, -0.2) is 25.1 Å². The number of nitrogens with zero attached hydrogens (tertiary/aromatic N) is 1. The second kappa shape index (κ2) is 7.66. The highest BCUT2D eigenvalue weighted by Gasteiger charge is 2.07. The molecule has 0 saturated heterocycles. The molecule has 0 unspecified atom stereocenters. The number of aromatic nitrogens is 1. The van der Waals surface area contributed by atoms with Crippen LogP contribution in [0.4, 0.5) is 5.82 Å². The number of anilines is 1. The van der Waals surface area contributed by atoms with Gasteiger partial charge >= 0.3 is 0 Å². The molecular weight excluding hydrogens is 304 g/mol. The van der Waals surface area contributed by atoms with Crippen molar-refractivity contribution in [2.75, 3.05) is 19.5 Å². The van der Waals surface area contributed by atoms with Gasteiger partial charge in [0.1, 0.15) is 5.82 Å². The molecule has 2 rings (SSSR count). The Kier molecular flexibility index (Phi) is 5.61. The second-order valence-electron chi connectivity index (χ2n) is 4.60. The SMILES string of the molecule is COc1ccc(CCC(=O)Nc2ccc(Cl)cn2)cc1OC. The minimum atomic E-state index is -0.107. The van der Waals surface area contributed by atoms with Gasteiger partial charge in [0.05, 0.1) is 19.2 Å². The molecular formula is C16H17ClN2O3. The van der Waals surface area contributed by atoms with E-state index in [0.717, 1.165) is 5.56 Å². The Morgan fingerprint density at radius 3 is 2.59 bits per heavy atom. The van der Waals surface area contributed by atoms with Gasteiger partial charge in [-0.1, -0.05) is 17.7 Å². The van der Waals surface area contributed by atoms with E-state index in [1.54, 1.807) is 26.4 Å². The number of nitrogens with one attached hydrogen (secondary N) is 1. The van der Waals surface area contributed by atoms with Crippen LogP contribution in [0.1, 0.15) is 12.0 Å². The van der Waals surface area contributed by atoms with E-state index in [0.29, 0.717) is 35.2 Å². The first-order chi connectivity index (χ1) is 10.6. The summed E-state index contributed by atoms with van der Waals surface area (Å²) >= 11 is 5.75. The fraction of sp³-hybridized carbons (Fsp3) is 0.250. The number of hydrogen-bond donors (Lipinski definition) is 1. The highest BCUT2D eigenvalue weighted by molar-refractivity contribution is 6.30. The van der Waals surface area contributed by atoms with E-state index in [9.17, 15) is 4.79 Å². The fourth-order valence-corrected chi connectivity index (χ4v) is 2.06. The van der Waals surface area contributed by atoms with Gasteiger partial charge in [-0.15, -0.1) is 0 Å². The minimum absolute atomic E-state index is 0.107. The van der Waals surface area contributed by atoms with E-state index in [1.165, 1.54) is 6.20 Å². The number of ether oxygens (including phenoxy) is 2. The van der Waals surface area contributed by atoms with Gasteiger partial charge in [0.15, 0.2) is 11.5 Å². The lowest BCUT2D eigenvalue weighted by atomic mass is 10.1. The maximum Gasteiger partial charge on any atom is 0.225 e. The van der Waals surface area contributed by atoms with Crippen LogP contribution in [0.15, 0.2) is 36.5 Å². The number of methoxy groups -OCH3 is 2. The Morgan fingerprint density at radius 2 is 1.95 bits per heavy atom. The van der Waals surface area contributed by atoms with Gasteiger partial charge in [0.25, 0.3) is 0 Å². The van der Waals surface area contributed by atoms with Crippen LogP contribution in [0.3, 0.4) is 0 Å². The van der Waals surface area contributed by atoms with E-state index in [-0.39, 0.29) is 5.91 Å². The molecule has 0 fully saturated rings. The van der Waals surface area contributed by atoms with Gasteiger partial charge in [-0.25, -0.2) is 4.98 Å². The first kappa shape index (κ1) is 16.1. The molecule has 1 aromatic heterocycles. The van der Waals surface area contributed by atoms with Gasteiger partial charge in [-0.05, 0) is 36.2 Å². The third kappa shape index (κ3) is 4.36. The average molecular weight is 321 g/mol. The summed E-state index contributed by atoms with van der Waals surface area (Å²) in [6, 6.07) is 8.95. The number of pyridine rings is 1. The molecule has 22 heavy (non-hydrogen) atoms. The number of amides is 1. The van der Waals surface area contributed by atoms with E-state index in [1.807, 2.05) is 18.2 Å². The Hall–Kier alpha value is -2.27. The predicted octanol–water partition coefficient (Wildman–Crippen LogP) is 3.32. The van der Waals surface area contributed by atoms with Gasteiger partial charge in [0.2, 0.25) is 5.91 Å². The summed E-state index contributed by atoms with van der Waals surface area (Å²) in [7, 11) is 3.17. The molecule has 0 saturated carbocycles. The van der Waals surface area contributed by atoms with Crippen LogP contribution in [0.25, 0.3) is 0 Å². The van der Waals surface area contributed by atoms with Crippen molar-refractivity contribution in [2.45, 2.75) is 12.8 Å². The smallest absolute Gasteiger partial charge is 0.225 e. The van der Waals surface area contributed by atoms with Crippen LogP contribution < -0.4 is 14.8 Å². The molecule has 0 aliphatic heterocycles. The van der Waals surface area contributed by atoms with E-state index < -0.39 is 0 Å². The van der Waals surface area contributed by atoms with Crippen molar-refractivity contribution in [3.05, 3.63) is 47.1 Å². The number of benzene rings is 1. The van der Waals surface area contributed by atoms with Crippen molar-refractivity contribution in [3.63, 3.8) is 0 Å². The zero-order chi connectivity index (χ0) is 15.9. The molecule has 0 bridgehead atoms. The van der Waals surface area contributed by atoms with Gasteiger partial charge in [-0.2, -0.15) is 0 Å². The van der Waals surface area contributed by atoms with E-state index in [2.05, 4.69) is 10.3 Å². The molecule has 0 aliphatic rings. The first-order valence-corrected chi connectivity index (χ1v) is 7.12. The summed E-state index contributed by atoms with van der Waals surface area (Å²) in [5.74, 6) is 1.70. The van der Waals surface area contributed by atoms with Crippen molar-refractivity contribution in [1.29, 1.82) is 0 Å². The van der Waals surface area contributed by atoms with E-state index >= 15 is 0 Å². The van der Waals surface area contributed by atoms with Crippen LogP contribution >= 0.6 is 11.6 Å². The van der Waals surface area contributed by atoms with Crippen LogP contribution in [0.2, 0.25) is 5.02 Å². The third-order valence-electron chi connectivity index (χ3n) is 3.08. The lowest BCUT2D eigenvalue weighted by Crippen LogP contribution is -2.13. The molecule has 0 radical (unpaired) electrons. The number of rotatable bonds is 6. The number of carbonyl (C=O) groups excluding carboxylic acids is 1. The van der Waals surface area contributed by atoms with Crippen molar-refractivity contribution in [3.8, 4) is 11.5 Å². The maximum absolute atomic E-state index is 11.9.